The minimum atomic E-state index is -0.224. The maximum Gasteiger partial charge on any atom is 0.225 e. The number of ether oxygens (including phenoxy) is 1. The van der Waals surface area contributed by atoms with Crippen LogP contribution >= 0.6 is 0 Å². The zero-order valence-corrected chi connectivity index (χ0v) is 19.4. The minimum absolute atomic E-state index is 0.0512. The molecule has 1 amide bonds. The lowest BCUT2D eigenvalue weighted by molar-refractivity contribution is -0.125. The first kappa shape index (κ1) is 22.3. The highest BCUT2D eigenvalue weighted by molar-refractivity contribution is 5.82. The summed E-state index contributed by atoms with van der Waals surface area (Å²) in [6, 6.07) is 23.1. The molecule has 6 heteroatoms. The standard InChI is InChI=1S/C28H30FN3O2/c1-34-22-12-11-21-17-23(28(33)30-14-13-20-7-3-2-4-8-20)27-19-31(15-16-32(27)26(21)18-22)25-10-6-5-9-24(25)29/h2-12,18,23,27H,13-17,19H2,1H3,(H,30,33)/t23-,27-/m1/s1. The van der Waals surface area contributed by atoms with Gasteiger partial charge in [-0.2, -0.15) is 0 Å². The van der Waals surface area contributed by atoms with Crippen LogP contribution in [0, 0.1) is 11.7 Å². The molecular formula is C28H30FN3O2. The number of amides is 1. The molecule has 5 nitrogen and oxygen atoms in total. The van der Waals surface area contributed by atoms with E-state index >= 15 is 0 Å². The molecule has 0 aliphatic carbocycles. The predicted molar refractivity (Wildman–Crippen MR) is 133 cm³/mol. The van der Waals surface area contributed by atoms with Gasteiger partial charge in [0.25, 0.3) is 0 Å². The van der Waals surface area contributed by atoms with E-state index < -0.39 is 0 Å². The van der Waals surface area contributed by atoms with Crippen molar-refractivity contribution in [3.05, 3.63) is 89.7 Å². The number of nitrogens with zero attached hydrogens (tertiary/aromatic N) is 2. The third-order valence-corrected chi connectivity index (χ3v) is 7.01. The quantitative estimate of drug-likeness (QED) is 0.604. The summed E-state index contributed by atoms with van der Waals surface area (Å²) in [4.78, 5) is 17.8. The van der Waals surface area contributed by atoms with E-state index in [0.29, 0.717) is 38.3 Å². The van der Waals surface area contributed by atoms with Gasteiger partial charge in [0.15, 0.2) is 0 Å². The van der Waals surface area contributed by atoms with Gasteiger partial charge in [0.2, 0.25) is 5.91 Å². The highest BCUT2D eigenvalue weighted by atomic mass is 19.1. The molecule has 5 rings (SSSR count). The first-order chi connectivity index (χ1) is 16.6. The Morgan fingerprint density at radius 2 is 1.82 bits per heavy atom. The van der Waals surface area contributed by atoms with E-state index in [4.69, 9.17) is 4.74 Å². The lowest BCUT2D eigenvalue weighted by Crippen LogP contribution is -2.61. The van der Waals surface area contributed by atoms with Crippen LogP contribution in [0.25, 0.3) is 0 Å². The van der Waals surface area contributed by atoms with E-state index in [9.17, 15) is 9.18 Å². The summed E-state index contributed by atoms with van der Waals surface area (Å²) < 4.78 is 20.0. The third-order valence-electron chi connectivity index (χ3n) is 7.01. The van der Waals surface area contributed by atoms with Crippen molar-refractivity contribution in [1.29, 1.82) is 0 Å². The number of carbonyl (C=O) groups excluding carboxylic acids is 1. The molecule has 0 spiro atoms. The summed E-state index contributed by atoms with van der Waals surface area (Å²) in [5, 5.41) is 3.17. The topological polar surface area (TPSA) is 44.8 Å². The van der Waals surface area contributed by atoms with Crippen LogP contribution in [0.2, 0.25) is 0 Å². The smallest absolute Gasteiger partial charge is 0.225 e. The predicted octanol–water partition coefficient (Wildman–Crippen LogP) is 4.06. The van der Waals surface area contributed by atoms with Crippen molar-refractivity contribution in [2.45, 2.75) is 18.9 Å². The molecule has 0 radical (unpaired) electrons. The maximum atomic E-state index is 14.6. The summed E-state index contributed by atoms with van der Waals surface area (Å²) in [6.45, 7) is 2.59. The van der Waals surface area contributed by atoms with Gasteiger partial charge in [-0.3, -0.25) is 4.79 Å². The molecule has 0 saturated carbocycles. The Bertz CT molecular complexity index is 1150. The molecular weight excluding hydrogens is 429 g/mol. The number of methoxy groups -OCH3 is 1. The van der Waals surface area contributed by atoms with E-state index in [0.717, 1.165) is 23.4 Å². The van der Waals surface area contributed by atoms with Gasteiger partial charge in [0, 0.05) is 37.9 Å². The van der Waals surface area contributed by atoms with Crippen LogP contribution in [-0.2, 0) is 17.6 Å². The molecule has 176 valence electrons. The summed E-state index contributed by atoms with van der Waals surface area (Å²) >= 11 is 0. The van der Waals surface area contributed by atoms with Crippen molar-refractivity contribution in [3.63, 3.8) is 0 Å². The van der Waals surface area contributed by atoms with Crippen LogP contribution in [0.5, 0.6) is 5.75 Å². The second-order valence-electron chi connectivity index (χ2n) is 8.99. The monoisotopic (exact) mass is 459 g/mol. The lowest BCUT2D eigenvalue weighted by Gasteiger charge is -2.49. The van der Waals surface area contributed by atoms with Crippen LogP contribution in [0.3, 0.4) is 0 Å². The molecule has 1 N–H and O–H groups in total. The molecule has 0 aromatic heterocycles. The number of nitrogens with one attached hydrogen (secondary N) is 1. The molecule has 1 saturated heterocycles. The molecule has 2 aliphatic heterocycles. The van der Waals surface area contributed by atoms with E-state index in [1.807, 2.05) is 36.4 Å². The van der Waals surface area contributed by atoms with E-state index in [2.05, 4.69) is 39.4 Å². The number of benzene rings is 3. The number of carbonyl (C=O) groups is 1. The van der Waals surface area contributed by atoms with Gasteiger partial charge >= 0.3 is 0 Å². The number of hydrogen-bond acceptors (Lipinski definition) is 4. The fraction of sp³-hybridized carbons (Fsp3) is 0.321. The Kier molecular flexibility index (Phi) is 6.39. The maximum absolute atomic E-state index is 14.6. The zero-order valence-electron chi connectivity index (χ0n) is 19.4. The van der Waals surface area contributed by atoms with Crippen LogP contribution in [-0.4, -0.2) is 45.2 Å². The van der Waals surface area contributed by atoms with Crippen LogP contribution in [0.15, 0.2) is 72.8 Å². The Morgan fingerprint density at radius 3 is 2.62 bits per heavy atom. The SMILES string of the molecule is COc1ccc2c(c1)N1CCN(c3ccccc3F)C[C@@H]1[C@H](C(=O)NCCc1ccccc1)C2. The second-order valence-corrected chi connectivity index (χ2v) is 8.99. The molecule has 2 aliphatic rings. The number of anilines is 2. The van der Waals surface area contributed by atoms with Gasteiger partial charge in [-0.1, -0.05) is 48.5 Å². The van der Waals surface area contributed by atoms with Gasteiger partial charge in [-0.25, -0.2) is 4.39 Å². The van der Waals surface area contributed by atoms with Gasteiger partial charge in [0.05, 0.1) is 24.8 Å². The summed E-state index contributed by atoms with van der Waals surface area (Å²) in [7, 11) is 1.67. The average Bonchev–Trinajstić information content (AvgIpc) is 2.88. The van der Waals surface area contributed by atoms with E-state index in [-0.39, 0.29) is 23.7 Å². The molecule has 34 heavy (non-hydrogen) atoms. The first-order valence-electron chi connectivity index (χ1n) is 11.9. The van der Waals surface area contributed by atoms with Crippen molar-refractivity contribution in [2.24, 2.45) is 5.92 Å². The van der Waals surface area contributed by atoms with Gasteiger partial charge in [-0.05, 0) is 42.2 Å². The fourth-order valence-corrected chi connectivity index (χ4v) is 5.24. The average molecular weight is 460 g/mol. The number of halogens is 1. The highest BCUT2D eigenvalue weighted by Crippen LogP contribution is 2.39. The van der Waals surface area contributed by atoms with Gasteiger partial charge in [0.1, 0.15) is 11.6 Å². The first-order valence-corrected chi connectivity index (χ1v) is 11.9. The van der Waals surface area contributed by atoms with Crippen molar-refractivity contribution in [1.82, 2.24) is 5.32 Å². The zero-order chi connectivity index (χ0) is 23.5. The fourth-order valence-electron chi connectivity index (χ4n) is 5.24. The largest absolute Gasteiger partial charge is 0.497 e. The molecule has 3 aromatic rings. The van der Waals surface area contributed by atoms with Crippen LogP contribution in [0.1, 0.15) is 11.1 Å². The molecule has 1 fully saturated rings. The third kappa shape index (κ3) is 4.45. The molecule has 0 unspecified atom stereocenters. The Morgan fingerprint density at radius 1 is 1.03 bits per heavy atom. The second kappa shape index (κ2) is 9.75. The summed E-state index contributed by atoms with van der Waals surface area (Å²) in [5.74, 6) is 0.423. The Balaban J connectivity index is 1.38. The van der Waals surface area contributed by atoms with Crippen LogP contribution < -0.4 is 19.9 Å². The van der Waals surface area contributed by atoms with Crippen molar-refractivity contribution < 1.29 is 13.9 Å². The number of para-hydroxylation sites is 1. The van der Waals surface area contributed by atoms with E-state index in [1.54, 1.807) is 13.2 Å². The normalized spacial score (nSPS) is 19.2. The molecule has 3 aromatic carbocycles. The minimum Gasteiger partial charge on any atom is -0.497 e. The molecule has 0 bridgehead atoms. The molecule has 2 atom stereocenters. The number of rotatable bonds is 6. The highest BCUT2D eigenvalue weighted by Gasteiger charge is 2.42. The van der Waals surface area contributed by atoms with Crippen molar-refractivity contribution in [2.75, 3.05) is 43.1 Å². The van der Waals surface area contributed by atoms with Crippen molar-refractivity contribution in [3.8, 4) is 5.75 Å². The van der Waals surface area contributed by atoms with Gasteiger partial charge < -0.3 is 19.9 Å². The number of fused-ring (bicyclic) bond motifs is 3. The van der Waals surface area contributed by atoms with Crippen LogP contribution in [0.4, 0.5) is 15.8 Å². The Hall–Kier alpha value is -3.54. The van der Waals surface area contributed by atoms with Gasteiger partial charge in [-0.15, -0.1) is 0 Å². The summed E-state index contributed by atoms with van der Waals surface area (Å²) in [5.41, 5.74) is 4.07. The molecule has 2 heterocycles. The Labute approximate surface area is 200 Å². The van der Waals surface area contributed by atoms with Crippen molar-refractivity contribution >= 4 is 17.3 Å². The lowest BCUT2D eigenvalue weighted by atomic mass is 9.83. The number of piperazine rings is 1. The summed E-state index contributed by atoms with van der Waals surface area (Å²) in [6.07, 6.45) is 1.45. The number of hydrogen-bond donors (Lipinski definition) is 1. The van der Waals surface area contributed by atoms with E-state index in [1.165, 1.54) is 11.6 Å².